The minimum atomic E-state index is -0.283. The van der Waals surface area contributed by atoms with Crippen LogP contribution in [0.25, 0.3) is 0 Å². The lowest BCUT2D eigenvalue weighted by molar-refractivity contribution is -0.129. The third-order valence-electron chi connectivity index (χ3n) is 1.76. The van der Waals surface area contributed by atoms with Crippen LogP contribution in [0.2, 0.25) is 0 Å². The van der Waals surface area contributed by atoms with E-state index in [9.17, 15) is 9.18 Å². The van der Waals surface area contributed by atoms with Crippen LogP contribution in [0.15, 0.2) is 24.3 Å². The number of benzene rings is 1. The maximum atomic E-state index is 12.6. The van der Waals surface area contributed by atoms with Gasteiger partial charge in [-0.05, 0) is 17.7 Å². The van der Waals surface area contributed by atoms with Crippen molar-refractivity contribution in [1.82, 2.24) is 10.4 Å². The molecule has 0 saturated carbocycles. The molecule has 0 atom stereocenters. The summed E-state index contributed by atoms with van der Waals surface area (Å²) < 4.78 is 17.7. The summed E-state index contributed by atoms with van der Waals surface area (Å²) in [5.74, 6) is -0.499. The second kappa shape index (κ2) is 6.19. The number of hydrazine groups is 1. The van der Waals surface area contributed by atoms with Gasteiger partial charge in [-0.3, -0.25) is 10.2 Å². The zero-order valence-electron chi connectivity index (χ0n) is 9.37. The molecule has 1 amide bonds. The molecule has 0 saturated heterocycles. The molecule has 1 rings (SSSR count). The summed E-state index contributed by atoms with van der Waals surface area (Å²) in [5.41, 5.74) is 3.38. The number of halogens is 1. The van der Waals surface area contributed by atoms with Gasteiger partial charge in [0.25, 0.3) is 5.91 Å². The van der Waals surface area contributed by atoms with Gasteiger partial charge in [0.05, 0.1) is 6.61 Å². The SMILES string of the molecule is CN(C)NC(=O)COCc1ccc(F)cc1. The quantitative estimate of drug-likeness (QED) is 0.759. The first-order chi connectivity index (χ1) is 7.58. The van der Waals surface area contributed by atoms with E-state index in [1.54, 1.807) is 31.2 Å². The van der Waals surface area contributed by atoms with Crippen molar-refractivity contribution >= 4 is 5.91 Å². The zero-order valence-corrected chi connectivity index (χ0v) is 9.37. The molecular weight excluding hydrogens is 211 g/mol. The van der Waals surface area contributed by atoms with Crippen molar-refractivity contribution in [3.63, 3.8) is 0 Å². The van der Waals surface area contributed by atoms with Crippen LogP contribution >= 0.6 is 0 Å². The number of amides is 1. The molecule has 0 heterocycles. The van der Waals surface area contributed by atoms with Crippen molar-refractivity contribution in [1.29, 1.82) is 0 Å². The topological polar surface area (TPSA) is 41.6 Å². The molecule has 0 radical (unpaired) electrons. The summed E-state index contributed by atoms with van der Waals surface area (Å²) in [7, 11) is 3.44. The second-order valence-corrected chi connectivity index (χ2v) is 3.55. The fourth-order valence-electron chi connectivity index (χ4n) is 1.12. The lowest BCUT2D eigenvalue weighted by atomic mass is 10.2. The van der Waals surface area contributed by atoms with Gasteiger partial charge in [-0.1, -0.05) is 12.1 Å². The average Bonchev–Trinajstić information content (AvgIpc) is 2.20. The summed E-state index contributed by atoms with van der Waals surface area (Å²) in [6, 6.07) is 5.97. The van der Waals surface area contributed by atoms with Gasteiger partial charge in [-0.2, -0.15) is 0 Å². The van der Waals surface area contributed by atoms with Crippen LogP contribution in [0.1, 0.15) is 5.56 Å². The molecule has 1 aromatic carbocycles. The van der Waals surface area contributed by atoms with Crippen molar-refractivity contribution in [2.75, 3.05) is 20.7 Å². The Labute approximate surface area is 94.0 Å². The molecule has 16 heavy (non-hydrogen) atoms. The van der Waals surface area contributed by atoms with Crippen LogP contribution in [-0.4, -0.2) is 31.6 Å². The number of carbonyl (C=O) groups excluding carboxylic acids is 1. The van der Waals surface area contributed by atoms with Crippen molar-refractivity contribution in [3.05, 3.63) is 35.6 Å². The van der Waals surface area contributed by atoms with Crippen LogP contribution in [0.4, 0.5) is 4.39 Å². The summed E-state index contributed by atoms with van der Waals surface area (Å²) in [4.78, 5) is 11.2. The van der Waals surface area contributed by atoms with Crippen LogP contribution in [-0.2, 0) is 16.1 Å². The van der Waals surface area contributed by atoms with E-state index in [2.05, 4.69) is 5.43 Å². The van der Waals surface area contributed by atoms with Crippen LogP contribution in [0, 0.1) is 5.82 Å². The van der Waals surface area contributed by atoms with Crippen LogP contribution < -0.4 is 5.43 Å². The highest BCUT2D eigenvalue weighted by Crippen LogP contribution is 2.03. The van der Waals surface area contributed by atoms with E-state index in [4.69, 9.17) is 4.74 Å². The summed E-state index contributed by atoms with van der Waals surface area (Å²) in [5, 5.41) is 1.55. The Hall–Kier alpha value is -1.46. The van der Waals surface area contributed by atoms with Crippen LogP contribution in [0.5, 0.6) is 0 Å². The van der Waals surface area contributed by atoms with Gasteiger partial charge in [0.1, 0.15) is 12.4 Å². The Morgan fingerprint density at radius 3 is 2.56 bits per heavy atom. The molecule has 4 nitrogen and oxygen atoms in total. The second-order valence-electron chi connectivity index (χ2n) is 3.55. The highest BCUT2D eigenvalue weighted by molar-refractivity contribution is 5.76. The fourth-order valence-corrected chi connectivity index (χ4v) is 1.12. The first-order valence-electron chi connectivity index (χ1n) is 4.87. The van der Waals surface area contributed by atoms with Gasteiger partial charge in [0.2, 0.25) is 0 Å². The van der Waals surface area contributed by atoms with Crippen molar-refractivity contribution in [3.8, 4) is 0 Å². The maximum absolute atomic E-state index is 12.6. The molecule has 0 aliphatic carbocycles. The zero-order chi connectivity index (χ0) is 12.0. The van der Waals surface area contributed by atoms with E-state index >= 15 is 0 Å². The molecule has 0 aliphatic rings. The molecule has 0 bridgehead atoms. The van der Waals surface area contributed by atoms with E-state index < -0.39 is 0 Å². The van der Waals surface area contributed by atoms with Gasteiger partial charge >= 0.3 is 0 Å². The van der Waals surface area contributed by atoms with Gasteiger partial charge < -0.3 is 4.74 Å². The molecule has 1 aromatic rings. The molecule has 0 fully saturated rings. The smallest absolute Gasteiger partial charge is 0.260 e. The van der Waals surface area contributed by atoms with E-state index in [0.29, 0.717) is 6.61 Å². The standard InChI is InChI=1S/C11H15FN2O2/c1-14(2)13-11(15)8-16-7-9-3-5-10(12)6-4-9/h3-6H,7-8H2,1-2H3,(H,13,15). The Balaban J connectivity index is 2.25. The predicted molar refractivity (Wildman–Crippen MR) is 57.9 cm³/mol. The van der Waals surface area contributed by atoms with E-state index in [1.807, 2.05) is 0 Å². The number of nitrogens with one attached hydrogen (secondary N) is 1. The number of rotatable bonds is 5. The van der Waals surface area contributed by atoms with Gasteiger partial charge in [-0.25, -0.2) is 9.40 Å². The van der Waals surface area contributed by atoms with E-state index in [-0.39, 0.29) is 18.3 Å². The first kappa shape index (κ1) is 12.6. The van der Waals surface area contributed by atoms with Crippen molar-refractivity contribution in [2.24, 2.45) is 0 Å². The minimum absolute atomic E-state index is 0.0183. The minimum Gasteiger partial charge on any atom is -0.367 e. The molecule has 0 spiro atoms. The van der Waals surface area contributed by atoms with E-state index in [1.165, 1.54) is 12.1 Å². The molecule has 0 unspecified atom stereocenters. The van der Waals surface area contributed by atoms with E-state index in [0.717, 1.165) is 5.56 Å². The normalized spacial score (nSPS) is 10.5. The fraction of sp³-hybridized carbons (Fsp3) is 0.364. The Morgan fingerprint density at radius 1 is 1.38 bits per heavy atom. The van der Waals surface area contributed by atoms with Crippen molar-refractivity contribution in [2.45, 2.75) is 6.61 Å². The maximum Gasteiger partial charge on any atom is 0.260 e. The molecule has 1 N–H and O–H groups in total. The molecule has 88 valence electrons. The number of ether oxygens (including phenoxy) is 1. The van der Waals surface area contributed by atoms with Crippen molar-refractivity contribution < 1.29 is 13.9 Å². The number of hydrogen-bond acceptors (Lipinski definition) is 3. The Bertz CT molecular complexity index is 338. The predicted octanol–water partition coefficient (Wildman–Crippen LogP) is 0.935. The number of carbonyl (C=O) groups is 1. The third-order valence-corrected chi connectivity index (χ3v) is 1.76. The summed E-state index contributed by atoms with van der Waals surface area (Å²) >= 11 is 0. The molecule has 5 heteroatoms. The monoisotopic (exact) mass is 226 g/mol. The van der Waals surface area contributed by atoms with Gasteiger partial charge in [-0.15, -0.1) is 0 Å². The number of nitrogens with zero attached hydrogens (tertiary/aromatic N) is 1. The van der Waals surface area contributed by atoms with Gasteiger partial charge in [0.15, 0.2) is 0 Å². The first-order valence-corrected chi connectivity index (χ1v) is 4.87. The largest absolute Gasteiger partial charge is 0.367 e. The lowest BCUT2D eigenvalue weighted by Gasteiger charge is -2.11. The third kappa shape index (κ3) is 4.86. The Kier molecular flexibility index (Phi) is 4.88. The van der Waals surface area contributed by atoms with Gasteiger partial charge in [0, 0.05) is 14.1 Å². The highest BCUT2D eigenvalue weighted by Gasteiger charge is 2.02. The molecular formula is C11H15FN2O2. The number of hydrogen-bond donors (Lipinski definition) is 1. The summed E-state index contributed by atoms with van der Waals surface area (Å²) in [6.45, 7) is 0.274. The lowest BCUT2D eigenvalue weighted by Crippen LogP contribution is -2.38. The molecule has 0 aliphatic heterocycles. The van der Waals surface area contributed by atoms with Crippen LogP contribution in [0.3, 0.4) is 0 Å². The highest BCUT2D eigenvalue weighted by atomic mass is 19.1. The Morgan fingerprint density at radius 2 is 2.00 bits per heavy atom. The average molecular weight is 226 g/mol. The summed E-state index contributed by atoms with van der Waals surface area (Å²) in [6.07, 6.45) is 0. The molecule has 0 aromatic heterocycles.